The van der Waals surface area contributed by atoms with Crippen LogP contribution in [-0.4, -0.2) is 61.5 Å². The molecule has 0 spiro atoms. The molecule has 2 saturated heterocycles. The average molecular weight is 290 g/mol. The van der Waals surface area contributed by atoms with Crippen LogP contribution in [0.1, 0.15) is 32.6 Å². The molecule has 4 nitrogen and oxygen atoms in total. The minimum absolute atomic E-state index is 0. The Bertz CT molecular complexity index is 261. The van der Waals surface area contributed by atoms with Gasteiger partial charge in [-0.25, -0.2) is 0 Å². The molecule has 0 unspecified atom stereocenters. The maximum Gasteiger partial charge on any atom is 0.236 e. The second kappa shape index (κ2) is 8.77. The lowest BCUT2D eigenvalue weighted by molar-refractivity contribution is -0.131. The third-order valence-corrected chi connectivity index (χ3v) is 4.21. The maximum atomic E-state index is 12.0. The number of hydrogen-bond acceptors (Lipinski definition) is 3. The summed E-state index contributed by atoms with van der Waals surface area (Å²) in [6, 6.07) is 0. The van der Waals surface area contributed by atoms with E-state index in [1.54, 1.807) is 0 Å². The topological polar surface area (TPSA) is 35.6 Å². The molecule has 0 aromatic carbocycles. The van der Waals surface area contributed by atoms with Crippen molar-refractivity contribution < 1.29 is 4.79 Å². The number of piperidine rings is 1. The number of nitrogens with one attached hydrogen (secondary N) is 1. The van der Waals surface area contributed by atoms with E-state index >= 15 is 0 Å². The first-order valence-corrected chi connectivity index (χ1v) is 7.50. The van der Waals surface area contributed by atoms with E-state index in [1.165, 1.54) is 25.7 Å². The molecule has 2 heterocycles. The van der Waals surface area contributed by atoms with Gasteiger partial charge in [0.05, 0.1) is 6.54 Å². The lowest BCUT2D eigenvalue weighted by atomic mass is 9.97. The number of carbonyl (C=O) groups is 1. The largest absolute Gasteiger partial charge is 0.342 e. The number of halogens is 1. The van der Waals surface area contributed by atoms with E-state index in [2.05, 4.69) is 17.1 Å². The zero-order chi connectivity index (χ0) is 12.8. The highest BCUT2D eigenvalue weighted by Gasteiger charge is 2.23. The Hall–Kier alpha value is -0.320. The van der Waals surface area contributed by atoms with Crippen LogP contribution in [0.3, 0.4) is 0 Å². The van der Waals surface area contributed by atoms with Crippen molar-refractivity contribution in [1.82, 2.24) is 15.1 Å². The normalized spacial score (nSPS) is 21.4. The van der Waals surface area contributed by atoms with Crippen LogP contribution < -0.4 is 5.32 Å². The van der Waals surface area contributed by atoms with Gasteiger partial charge < -0.3 is 10.2 Å². The second-order valence-corrected chi connectivity index (χ2v) is 5.62. The smallest absolute Gasteiger partial charge is 0.236 e. The number of likely N-dealkylation sites (tertiary alicyclic amines) is 2. The van der Waals surface area contributed by atoms with E-state index in [4.69, 9.17) is 0 Å². The van der Waals surface area contributed by atoms with Crippen molar-refractivity contribution in [1.29, 1.82) is 0 Å². The fourth-order valence-corrected chi connectivity index (χ4v) is 2.95. The molecule has 0 aromatic heterocycles. The van der Waals surface area contributed by atoms with Crippen molar-refractivity contribution in [2.75, 3.05) is 45.8 Å². The van der Waals surface area contributed by atoms with Gasteiger partial charge in [-0.2, -0.15) is 0 Å². The summed E-state index contributed by atoms with van der Waals surface area (Å²) in [7, 11) is 0. The van der Waals surface area contributed by atoms with Gasteiger partial charge >= 0.3 is 0 Å². The summed E-state index contributed by atoms with van der Waals surface area (Å²) >= 11 is 0. The van der Waals surface area contributed by atoms with Crippen LogP contribution in [0.15, 0.2) is 0 Å². The zero-order valence-electron chi connectivity index (χ0n) is 12.1. The van der Waals surface area contributed by atoms with E-state index < -0.39 is 0 Å². The van der Waals surface area contributed by atoms with Gasteiger partial charge in [0.25, 0.3) is 0 Å². The van der Waals surface area contributed by atoms with Gasteiger partial charge in [0.1, 0.15) is 0 Å². The highest BCUT2D eigenvalue weighted by molar-refractivity contribution is 5.85. The zero-order valence-corrected chi connectivity index (χ0v) is 12.9. The molecule has 5 heteroatoms. The Morgan fingerprint density at radius 1 is 1.16 bits per heavy atom. The number of carbonyl (C=O) groups excluding carboxylic acids is 1. The van der Waals surface area contributed by atoms with E-state index in [1.807, 2.05) is 4.90 Å². The molecular weight excluding hydrogens is 262 g/mol. The minimum Gasteiger partial charge on any atom is -0.342 e. The summed E-state index contributed by atoms with van der Waals surface area (Å²) in [4.78, 5) is 16.4. The number of rotatable bonds is 5. The van der Waals surface area contributed by atoms with Crippen molar-refractivity contribution in [3.05, 3.63) is 0 Å². The molecule has 0 radical (unpaired) electrons. The van der Waals surface area contributed by atoms with E-state index in [-0.39, 0.29) is 12.4 Å². The average Bonchev–Trinajstić information content (AvgIpc) is 2.92. The quantitative estimate of drug-likeness (QED) is 0.830. The van der Waals surface area contributed by atoms with Crippen molar-refractivity contribution >= 4 is 18.3 Å². The van der Waals surface area contributed by atoms with Crippen LogP contribution in [0, 0.1) is 5.92 Å². The molecule has 1 N–H and O–H groups in total. The number of hydrogen-bond donors (Lipinski definition) is 1. The fraction of sp³-hybridized carbons (Fsp3) is 0.929. The van der Waals surface area contributed by atoms with Crippen LogP contribution in [0.4, 0.5) is 0 Å². The third kappa shape index (κ3) is 5.28. The fourth-order valence-electron chi connectivity index (χ4n) is 2.95. The second-order valence-electron chi connectivity index (χ2n) is 5.62. The van der Waals surface area contributed by atoms with Gasteiger partial charge in [-0.1, -0.05) is 6.92 Å². The molecule has 1 amide bonds. The van der Waals surface area contributed by atoms with Gasteiger partial charge in [0.2, 0.25) is 5.91 Å². The number of amides is 1. The summed E-state index contributed by atoms with van der Waals surface area (Å²) in [6.07, 6.45) is 4.85. The molecule has 0 bridgehead atoms. The Kier molecular flexibility index (Phi) is 7.73. The molecule has 2 rings (SSSR count). The molecule has 2 aliphatic rings. The van der Waals surface area contributed by atoms with Gasteiger partial charge in [-0.3, -0.25) is 9.69 Å². The molecule has 0 aromatic rings. The van der Waals surface area contributed by atoms with E-state index in [0.29, 0.717) is 12.5 Å². The van der Waals surface area contributed by atoms with Crippen LogP contribution >= 0.6 is 12.4 Å². The lowest BCUT2D eigenvalue weighted by Gasteiger charge is -2.32. The Morgan fingerprint density at radius 2 is 1.79 bits per heavy atom. The van der Waals surface area contributed by atoms with Crippen LogP contribution in [-0.2, 0) is 4.79 Å². The van der Waals surface area contributed by atoms with Crippen LogP contribution in [0.2, 0.25) is 0 Å². The van der Waals surface area contributed by atoms with Gasteiger partial charge in [0.15, 0.2) is 0 Å². The Labute approximate surface area is 123 Å². The highest BCUT2D eigenvalue weighted by Crippen LogP contribution is 2.17. The van der Waals surface area contributed by atoms with Crippen molar-refractivity contribution in [3.63, 3.8) is 0 Å². The Morgan fingerprint density at radius 3 is 2.37 bits per heavy atom. The standard InChI is InChI=1S/C14H27N3O.ClH/c1-2-15-11-13-5-9-16(10-6-13)12-14(18)17-7-3-4-8-17;/h13,15H,2-12H2,1H3;1H. The van der Waals surface area contributed by atoms with Crippen molar-refractivity contribution in [2.24, 2.45) is 5.92 Å². The third-order valence-electron chi connectivity index (χ3n) is 4.21. The van der Waals surface area contributed by atoms with Crippen molar-refractivity contribution in [3.8, 4) is 0 Å². The molecule has 0 saturated carbocycles. The summed E-state index contributed by atoms with van der Waals surface area (Å²) in [5.41, 5.74) is 0. The van der Waals surface area contributed by atoms with Gasteiger partial charge in [0, 0.05) is 13.1 Å². The predicted molar refractivity (Wildman–Crippen MR) is 80.8 cm³/mol. The molecule has 0 aliphatic carbocycles. The SMILES string of the molecule is CCNCC1CCN(CC(=O)N2CCCC2)CC1.Cl. The highest BCUT2D eigenvalue weighted by atomic mass is 35.5. The maximum absolute atomic E-state index is 12.0. The first-order chi connectivity index (χ1) is 8.79. The molecule has 112 valence electrons. The summed E-state index contributed by atoms with van der Waals surface area (Å²) in [5.74, 6) is 1.15. The molecular formula is C14H28ClN3O. The molecule has 2 aliphatic heterocycles. The monoisotopic (exact) mass is 289 g/mol. The lowest BCUT2D eigenvalue weighted by Crippen LogP contribution is -2.43. The Balaban J connectivity index is 0.00000180. The first kappa shape index (κ1) is 16.7. The molecule has 19 heavy (non-hydrogen) atoms. The molecule has 2 fully saturated rings. The summed E-state index contributed by atoms with van der Waals surface area (Å²) in [5, 5.41) is 3.42. The minimum atomic E-state index is 0. The number of nitrogens with zero attached hydrogens (tertiary/aromatic N) is 2. The van der Waals surface area contributed by atoms with Crippen LogP contribution in [0.25, 0.3) is 0 Å². The summed E-state index contributed by atoms with van der Waals surface area (Å²) in [6.45, 7) is 9.16. The van der Waals surface area contributed by atoms with Crippen LogP contribution in [0.5, 0.6) is 0 Å². The van der Waals surface area contributed by atoms with Gasteiger partial charge in [-0.05, 0) is 57.8 Å². The van der Waals surface area contributed by atoms with Crippen molar-refractivity contribution in [2.45, 2.75) is 32.6 Å². The van der Waals surface area contributed by atoms with E-state index in [9.17, 15) is 4.79 Å². The molecule has 0 atom stereocenters. The first-order valence-electron chi connectivity index (χ1n) is 7.50. The predicted octanol–water partition coefficient (Wildman–Crippen LogP) is 1.35. The van der Waals surface area contributed by atoms with E-state index in [0.717, 1.165) is 45.2 Å². The summed E-state index contributed by atoms with van der Waals surface area (Å²) < 4.78 is 0. The van der Waals surface area contributed by atoms with Gasteiger partial charge in [-0.15, -0.1) is 12.4 Å².